The van der Waals surface area contributed by atoms with Crippen molar-refractivity contribution in [2.45, 2.75) is 57.7 Å². The standard InChI is InChI=1S/C16H24FN/c1-16(2,3)18-11-15(17)14-9-7-13(8-10-14)12-5-4-6-12/h7-10,12,15,18H,4-6,11H2,1-3H3. The Morgan fingerprint density at radius 1 is 1.22 bits per heavy atom. The van der Waals surface area contributed by atoms with Crippen molar-refractivity contribution in [2.75, 3.05) is 6.54 Å². The molecule has 0 saturated heterocycles. The highest BCUT2D eigenvalue weighted by Gasteiger charge is 2.20. The number of hydrogen-bond acceptors (Lipinski definition) is 1. The molecule has 1 aromatic rings. The van der Waals surface area contributed by atoms with E-state index in [0.717, 1.165) is 11.5 Å². The monoisotopic (exact) mass is 249 g/mol. The smallest absolute Gasteiger partial charge is 0.138 e. The molecule has 1 aromatic carbocycles. The van der Waals surface area contributed by atoms with Crippen LogP contribution in [0.1, 0.15) is 63.3 Å². The van der Waals surface area contributed by atoms with Gasteiger partial charge in [0.25, 0.3) is 0 Å². The molecule has 1 aliphatic rings. The fraction of sp³-hybridized carbons (Fsp3) is 0.625. The van der Waals surface area contributed by atoms with Crippen molar-refractivity contribution in [2.24, 2.45) is 0 Å². The Morgan fingerprint density at radius 2 is 1.83 bits per heavy atom. The van der Waals surface area contributed by atoms with E-state index in [1.807, 2.05) is 12.1 Å². The maximum absolute atomic E-state index is 14.0. The maximum atomic E-state index is 14.0. The van der Waals surface area contributed by atoms with Crippen LogP contribution in [0.2, 0.25) is 0 Å². The molecule has 0 heterocycles. The van der Waals surface area contributed by atoms with E-state index >= 15 is 0 Å². The van der Waals surface area contributed by atoms with Gasteiger partial charge in [-0.1, -0.05) is 30.7 Å². The Labute approximate surface area is 110 Å². The Bertz CT molecular complexity index is 373. The van der Waals surface area contributed by atoms with Crippen LogP contribution < -0.4 is 5.32 Å². The minimum Gasteiger partial charge on any atom is -0.309 e. The predicted molar refractivity (Wildman–Crippen MR) is 74.6 cm³/mol. The first kappa shape index (κ1) is 13.5. The van der Waals surface area contributed by atoms with Gasteiger partial charge < -0.3 is 5.32 Å². The van der Waals surface area contributed by atoms with Gasteiger partial charge in [0.1, 0.15) is 6.17 Å². The van der Waals surface area contributed by atoms with Gasteiger partial charge in [0.2, 0.25) is 0 Å². The van der Waals surface area contributed by atoms with Crippen molar-refractivity contribution in [3.63, 3.8) is 0 Å². The van der Waals surface area contributed by atoms with Crippen LogP contribution in [0.15, 0.2) is 24.3 Å². The van der Waals surface area contributed by atoms with Gasteiger partial charge in [-0.25, -0.2) is 4.39 Å². The Balaban J connectivity index is 1.91. The molecule has 1 unspecified atom stereocenters. The Hall–Kier alpha value is -0.890. The summed E-state index contributed by atoms with van der Waals surface area (Å²) in [6.07, 6.45) is 3.02. The van der Waals surface area contributed by atoms with Gasteiger partial charge >= 0.3 is 0 Å². The molecule has 1 aliphatic carbocycles. The molecule has 0 aliphatic heterocycles. The summed E-state index contributed by atoms with van der Waals surface area (Å²) in [6, 6.07) is 8.09. The normalized spacial score (nSPS) is 18.4. The van der Waals surface area contributed by atoms with Crippen molar-refractivity contribution in [3.8, 4) is 0 Å². The minimum atomic E-state index is -0.917. The fourth-order valence-electron chi connectivity index (χ4n) is 2.23. The van der Waals surface area contributed by atoms with Crippen molar-refractivity contribution >= 4 is 0 Å². The van der Waals surface area contributed by atoms with Gasteiger partial charge in [0, 0.05) is 12.1 Å². The molecule has 18 heavy (non-hydrogen) atoms. The molecule has 0 aromatic heterocycles. The summed E-state index contributed by atoms with van der Waals surface area (Å²) in [5.41, 5.74) is 2.13. The lowest BCUT2D eigenvalue weighted by Gasteiger charge is -2.26. The van der Waals surface area contributed by atoms with E-state index in [1.54, 1.807) is 0 Å². The molecule has 0 spiro atoms. The lowest BCUT2D eigenvalue weighted by molar-refractivity contribution is 0.291. The third-order valence-corrected chi connectivity index (χ3v) is 3.69. The van der Waals surface area contributed by atoms with Gasteiger partial charge in [0.05, 0.1) is 0 Å². The zero-order chi connectivity index (χ0) is 13.2. The summed E-state index contributed by atoms with van der Waals surface area (Å²) in [5, 5.41) is 3.20. The number of rotatable bonds is 4. The van der Waals surface area contributed by atoms with Crippen LogP contribution in [0, 0.1) is 0 Å². The summed E-state index contributed by atoms with van der Waals surface area (Å²) in [4.78, 5) is 0. The number of benzene rings is 1. The second-order valence-corrected chi connectivity index (χ2v) is 6.39. The second kappa shape index (κ2) is 5.40. The summed E-state index contributed by atoms with van der Waals surface area (Å²) in [6.45, 7) is 6.55. The topological polar surface area (TPSA) is 12.0 Å². The van der Waals surface area contributed by atoms with Crippen molar-refractivity contribution in [1.82, 2.24) is 5.32 Å². The minimum absolute atomic E-state index is 0.0315. The summed E-state index contributed by atoms with van der Waals surface area (Å²) < 4.78 is 14.0. The highest BCUT2D eigenvalue weighted by molar-refractivity contribution is 5.28. The van der Waals surface area contributed by atoms with Crippen LogP contribution in [0.3, 0.4) is 0 Å². The summed E-state index contributed by atoms with van der Waals surface area (Å²) >= 11 is 0. The van der Waals surface area contributed by atoms with Crippen LogP contribution in [-0.2, 0) is 0 Å². The van der Waals surface area contributed by atoms with E-state index < -0.39 is 6.17 Å². The largest absolute Gasteiger partial charge is 0.309 e. The van der Waals surface area contributed by atoms with Crippen LogP contribution in [0.5, 0.6) is 0 Å². The lowest BCUT2D eigenvalue weighted by atomic mass is 9.80. The average Bonchev–Trinajstić information content (AvgIpc) is 2.23. The molecule has 0 amide bonds. The molecule has 100 valence electrons. The maximum Gasteiger partial charge on any atom is 0.138 e. The summed E-state index contributed by atoms with van der Waals surface area (Å²) in [5.74, 6) is 0.727. The molecule has 1 saturated carbocycles. The first-order valence-corrected chi connectivity index (χ1v) is 6.95. The molecular weight excluding hydrogens is 225 g/mol. The van der Waals surface area contributed by atoms with Crippen LogP contribution >= 0.6 is 0 Å². The number of nitrogens with one attached hydrogen (secondary N) is 1. The van der Waals surface area contributed by atoms with Crippen LogP contribution in [0.25, 0.3) is 0 Å². The molecule has 0 bridgehead atoms. The van der Waals surface area contributed by atoms with E-state index in [2.05, 4.69) is 38.2 Å². The SMILES string of the molecule is CC(C)(C)NCC(F)c1ccc(C2CCC2)cc1. The fourth-order valence-corrected chi connectivity index (χ4v) is 2.23. The number of hydrogen-bond donors (Lipinski definition) is 1. The highest BCUT2D eigenvalue weighted by atomic mass is 19.1. The molecule has 1 N–H and O–H groups in total. The second-order valence-electron chi connectivity index (χ2n) is 6.39. The molecule has 2 rings (SSSR count). The lowest BCUT2D eigenvalue weighted by Crippen LogP contribution is -2.37. The van der Waals surface area contributed by atoms with Crippen molar-refractivity contribution in [3.05, 3.63) is 35.4 Å². The molecule has 1 atom stereocenters. The van der Waals surface area contributed by atoms with E-state index in [4.69, 9.17) is 0 Å². The van der Waals surface area contributed by atoms with Crippen molar-refractivity contribution < 1.29 is 4.39 Å². The van der Waals surface area contributed by atoms with Gasteiger partial charge in [0.15, 0.2) is 0 Å². The summed E-state index contributed by atoms with van der Waals surface area (Å²) in [7, 11) is 0. The molecule has 0 radical (unpaired) electrons. The number of alkyl halides is 1. The first-order valence-electron chi connectivity index (χ1n) is 6.95. The predicted octanol–water partition coefficient (Wildman–Crippen LogP) is 4.35. The van der Waals surface area contributed by atoms with Gasteiger partial charge in [-0.15, -0.1) is 0 Å². The van der Waals surface area contributed by atoms with Gasteiger partial charge in [-0.05, 0) is 50.7 Å². The zero-order valence-electron chi connectivity index (χ0n) is 11.7. The van der Waals surface area contributed by atoms with Gasteiger partial charge in [-0.3, -0.25) is 0 Å². The molecule has 2 heteroatoms. The van der Waals surface area contributed by atoms with E-state index in [9.17, 15) is 4.39 Å². The third kappa shape index (κ3) is 3.55. The number of halogens is 1. The van der Waals surface area contributed by atoms with Crippen LogP contribution in [-0.4, -0.2) is 12.1 Å². The Morgan fingerprint density at radius 3 is 2.28 bits per heavy atom. The van der Waals surface area contributed by atoms with E-state index in [0.29, 0.717) is 6.54 Å². The third-order valence-electron chi connectivity index (χ3n) is 3.69. The molecule has 1 fully saturated rings. The quantitative estimate of drug-likeness (QED) is 0.836. The van der Waals surface area contributed by atoms with E-state index in [1.165, 1.54) is 24.8 Å². The highest BCUT2D eigenvalue weighted by Crippen LogP contribution is 2.36. The van der Waals surface area contributed by atoms with Crippen LogP contribution in [0.4, 0.5) is 4.39 Å². The van der Waals surface area contributed by atoms with Gasteiger partial charge in [-0.2, -0.15) is 0 Å². The molecular formula is C16H24FN. The molecule has 1 nitrogen and oxygen atoms in total. The van der Waals surface area contributed by atoms with E-state index in [-0.39, 0.29) is 5.54 Å². The zero-order valence-corrected chi connectivity index (χ0v) is 11.7. The average molecular weight is 249 g/mol. The first-order chi connectivity index (χ1) is 8.46. The Kier molecular flexibility index (Phi) is 4.06. The van der Waals surface area contributed by atoms with Crippen molar-refractivity contribution in [1.29, 1.82) is 0 Å².